The molecule has 0 aliphatic carbocycles. The molecule has 0 saturated carbocycles. The Bertz CT molecular complexity index is 502. The minimum atomic E-state index is 0.323. The van der Waals surface area contributed by atoms with Crippen LogP contribution in [0.15, 0.2) is 53.7 Å². The van der Waals surface area contributed by atoms with Crippen molar-refractivity contribution in [3.05, 3.63) is 54.4 Å². The maximum Gasteiger partial charge on any atom is 0.119 e. The third kappa shape index (κ3) is 4.25. The summed E-state index contributed by atoms with van der Waals surface area (Å²) in [5.41, 5.74) is 1.28. The Balaban J connectivity index is 1.97. The number of nitrogens with zero attached hydrogens (tertiary/aromatic N) is 1. The topological polar surface area (TPSA) is 34.1 Å². The highest BCUT2D eigenvalue weighted by Gasteiger charge is 2.09. The average Bonchev–Trinajstić information content (AvgIpc) is 2.51. The first-order valence-corrected chi connectivity index (χ1v) is 7.75. The highest BCUT2D eigenvalue weighted by molar-refractivity contribution is 7.99. The molecule has 0 bridgehead atoms. The van der Waals surface area contributed by atoms with Crippen molar-refractivity contribution < 1.29 is 4.74 Å². The molecule has 0 amide bonds. The molecule has 0 radical (unpaired) electrons. The van der Waals surface area contributed by atoms with Crippen LogP contribution in [0.25, 0.3) is 0 Å². The quantitative estimate of drug-likeness (QED) is 0.790. The molecule has 0 aliphatic rings. The van der Waals surface area contributed by atoms with Crippen LogP contribution in [0.2, 0.25) is 0 Å². The largest absolute Gasteiger partial charge is 0.494 e. The standard InChI is InChI=1S/C16H20N2OS/c1-3-19-14-6-4-13(5-7-14)16(17-2)12-20-15-8-10-18-11-9-15/h4-11,16-17H,3,12H2,1-2H3. The number of rotatable bonds is 7. The SMILES string of the molecule is CCOc1ccc(C(CSc2ccncc2)NC)cc1. The summed E-state index contributed by atoms with van der Waals surface area (Å²) in [7, 11) is 1.99. The summed E-state index contributed by atoms with van der Waals surface area (Å²) in [6.45, 7) is 2.70. The molecule has 4 heteroatoms. The summed E-state index contributed by atoms with van der Waals surface area (Å²) in [5, 5.41) is 3.36. The lowest BCUT2D eigenvalue weighted by molar-refractivity contribution is 0.340. The van der Waals surface area contributed by atoms with Gasteiger partial charge in [0, 0.05) is 29.1 Å². The minimum Gasteiger partial charge on any atom is -0.494 e. The van der Waals surface area contributed by atoms with E-state index in [9.17, 15) is 0 Å². The van der Waals surface area contributed by atoms with Gasteiger partial charge in [-0.15, -0.1) is 11.8 Å². The number of nitrogens with one attached hydrogen (secondary N) is 1. The van der Waals surface area contributed by atoms with Crippen LogP contribution in [-0.2, 0) is 0 Å². The lowest BCUT2D eigenvalue weighted by Crippen LogP contribution is -2.18. The van der Waals surface area contributed by atoms with E-state index in [1.165, 1.54) is 10.5 Å². The van der Waals surface area contributed by atoms with E-state index in [0.717, 1.165) is 11.5 Å². The summed E-state index contributed by atoms with van der Waals surface area (Å²) in [6, 6.07) is 12.7. The van der Waals surface area contributed by atoms with Crippen LogP contribution >= 0.6 is 11.8 Å². The first-order valence-electron chi connectivity index (χ1n) is 6.76. The third-order valence-electron chi connectivity index (χ3n) is 3.01. The fraction of sp³-hybridized carbons (Fsp3) is 0.312. The van der Waals surface area contributed by atoms with Gasteiger partial charge in [0.05, 0.1) is 6.61 Å². The molecule has 0 spiro atoms. The normalized spacial score (nSPS) is 12.1. The zero-order chi connectivity index (χ0) is 14.2. The molecule has 2 aromatic rings. The van der Waals surface area contributed by atoms with Crippen molar-refractivity contribution >= 4 is 11.8 Å². The van der Waals surface area contributed by atoms with Crippen molar-refractivity contribution in [3.8, 4) is 5.75 Å². The Morgan fingerprint density at radius 1 is 1.15 bits per heavy atom. The van der Waals surface area contributed by atoms with E-state index in [1.54, 1.807) is 0 Å². The monoisotopic (exact) mass is 288 g/mol. The van der Waals surface area contributed by atoms with Gasteiger partial charge in [0.1, 0.15) is 5.75 Å². The molecule has 1 aromatic heterocycles. The second kappa shape index (κ2) is 7.92. The Kier molecular flexibility index (Phi) is 5.89. The fourth-order valence-corrected chi connectivity index (χ4v) is 2.96. The van der Waals surface area contributed by atoms with Crippen LogP contribution in [0.1, 0.15) is 18.5 Å². The zero-order valence-corrected chi connectivity index (χ0v) is 12.7. The number of hydrogen-bond acceptors (Lipinski definition) is 4. The molecule has 1 unspecified atom stereocenters. The van der Waals surface area contributed by atoms with E-state index in [-0.39, 0.29) is 0 Å². The van der Waals surface area contributed by atoms with Crippen molar-refractivity contribution in [3.63, 3.8) is 0 Å². The second-order valence-corrected chi connectivity index (χ2v) is 5.43. The molecule has 2 rings (SSSR count). The van der Waals surface area contributed by atoms with E-state index >= 15 is 0 Å². The number of aromatic nitrogens is 1. The van der Waals surface area contributed by atoms with Gasteiger partial charge in [-0.1, -0.05) is 12.1 Å². The maximum atomic E-state index is 5.47. The third-order valence-corrected chi connectivity index (χ3v) is 4.11. The van der Waals surface area contributed by atoms with Crippen LogP contribution in [0.3, 0.4) is 0 Å². The summed E-state index contributed by atoms with van der Waals surface area (Å²) >= 11 is 1.83. The summed E-state index contributed by atoms with van der Waals surface area (Å²) in [4.78, 5) is 5.28. The molecular weight excluding hydrogens is 268 g/mol. The number of thioether (sulfide) groups is 1. The van der Waals surface area contributed by atoms with Gasteiger partial charge in [-0.2, -0.15) is 0 Å². The molecule has 1 N–H and O–H groups in total. The Labute approximate surface area is 124 Å². The Hall–Kier alpha value is -1.52. The zero-order valence-electron chi connectivity index (χ0n) is 11.9. The van der Waals surface area contributed by atoms with Crippen LogP contribution < -0.4 is 10.1 Å². The lowest BCUT2D eigenvalue weighted by Gasteiger charge is -2.16. The first kappa shape index (κ1) is 14.9. The number of pyridine rings is 1. The average molecular weight is 288 g/mol. The van der Waals surface area contributed by atoms with E-state index < -0.39 is 0 Å². The first-order chi connectivity index (χ1) is 9.83. The number of ether oxygens (including phenoxy) is 1. The summed E-state index contributed by atoms with van der Waals surface area (Å²) < 4.78 is 5.47. The molecule has 0 aliphatic heterocycles. The van der Waals surface area contributed by atoms with Gasteiger partial charge in [0.15, 0.2) is 0 Å². The van der Waals surface area contributed by atoms with Crippen LogP contribution in [0, 0.1) is 0 Å². The van der Waals surface area contributed by atoms with Gasteiger partial charge in [0.25, 0.3) is 0 Å². The summed E-state index contributed by atoms with van der Waals surface area (Å²) in [6.07, 6.45) is 3.65. The van der Waals surface area contributed by atoms with Crippen molar-refractivity contribution in [2.75, 3.05) is 19.4 Å². The number of hydrogen-bond donors (Lipinski definition) is 1. The lowest BCUT2D eigenvalue weighted by atomic mass is 10.1. The number of benzene rings is 1. The van der Waals surface area contributed by atoms with Crippen LogP contribution in [-0.4, -0.2) is 24.4 Å². The van der Waals surface area contributed by atoms with Crippen LogP contribution in [0.5, 0.6) is 5.75 Å². The van der Waals surface area contributed by atoms with Gasteiger partial charge in [-0.05, 0) is 43.8 Å². The highest BCUT2D eigenvalue weighted by atomic mass is 32.2. The minimum absolute atomic E-state index is 0.323. The highest BCUT2D eigenvalue weighted by Crippen LogP contribution is 2.25. The van der Waals surface area contributed by atoms with Crippen molar-refractivity contribution in [2.24, 2.45) is 0 Å². The maximum absolute atomic E-state index is 5.47. The van der Waals surface area contributed by atoms with Crippen molar-refractivity contribution in [2.45, 2.75) is 17.9 Å². The predicted octanol–water partition coefficient (Wildman–Crippen LogP) is 3.53. The molecule has 0 fully saturated rings. The van der Waals surface area contributed by atoms with Gasteiger partial charge < -0.3 is 10.1 Å². The van der Waals surface area contributed by atoms with Gasteiger partial charge >= 0.3 is 0 Å². The smallest absolute Gasteiger partial charge is 0.119 e. The van der Waals surface area contributed by atoms with E-state index in [1.807, 2.05) is 62.4 Å². The van der Waals surface area contributed by atoms with Gasteiger partial charge in [0.2, 0.25) is 0 Å². The van der Waals surface area contributed by atoms with Crippen molar-refractivity contribution in [1.29, 1.82) is 0 Å². The molecule has 0 saturated heterocycles. The Morgan fingerprint density at radius 3 is 2.45 bits per heavy atom. The van der Waals surface area contributed by atoms with E-state index in [4.69, 9.17) is 4.74 Å². The van der Waals surface area contributed by atoms with Crippen LogP contribution in [0.4, 0.5) is 0 Å². The van der Waals surface area contributed by atoms with Gasteiger partial charge in [-0.3, -0.25) is 4.98 Å². The fourth-order valence-electron chi connectivity index (χ4n) is 1.92. The predicted molar refractivity (Wildman–Crippen MR) is 84.4 cm³/mol. The molecule has 3 nitrogen and oxygen atoms in total. The molecule has 1 aromatic carbocycles. The molecule has 1 atom stereocenters. The molecular formula is C16H20N2OS. The summed E-state index contributed by atoms with van der Waals surface area (Å²) in [5.74, 6) is 1.90. The molecule has 1 heterocycles. The Morgan fingerprint density at radius 2 is 1.85 bits per heavy atom. The van der Waals surface area contributed by atoms with E-state index in [2.05, 4.69) is 22.4 Å². The second-order valence-electron chi connectivity index (χ2n) is 4.34. The molecule has 20 heavy (non-hydrogen) atoms. The van der Waals surface area contributed by atoms with E-state index in [0.29, 0.717) is 12.6 Å². The van der Waals surface area contributed by atoms with Crippen molar-refractivity contribution in [1.82, 2.24) is 10.3 Å². The van der Waals surface area contributed by atoms with Gasteiger partial charge in [-0.25, -0.2) is 0 Å². The molecule has 106 valence electrons.